The number of rotatable bonds is 3. The molecule has 0 fully saturated rings. The average molecular weight is 448 g/mol. The Balaban J connectivity index is 1.83. The predicted octanol–water partition coefficient (Wildman–Crippen LogP) is 4.52. The van der Waals surface area contributed by atoms with Gasteiger partial charge in [0.15, 0.2) is 0 Å². The van der Waals surface area contributed by atoms with Crippen molar-refractivity contribution in [1.29, 1.82) is 0 Å². The average Bonchev–Trinajstić information content (AvgIpc) is 2.98. The summed E-state index contributed by atoms with van der Waals surface area (Å²) in [6, 6.07) is 4.01. The summed E-state index contributed by atoms with van der Waals surface area (Å²) in [5, 5.41) is 5.19. The first-order valence-electron chi connectivity index (χ1n) is 6.52. The Bertz CT molecular complexity index is 870. The highest BCUT2D eigenvalue weighted by Gasteiger charge is 2.22. The Morgan fingerprint density at radius 2 is 2.25 bits per heavy atom. The highest BCUT2D eigenvalue weighted by Crippen LogP contribution is 2.27. The molecule has 124 valence electrons. The molecular formula is C14H9BrClFN4OS2. The lowest BCUT2D eigenvalue weighted by atomic mass is 10.2. The van der Waals surface area contributed by atoms with Crippen LogP contribution in [0.3, 0.4) is 0 Å². The number of allylic oxidation sites excluding steroid dienone is 1. The maximum atomic E-state index is 13.2. The van der Waals surface area contributed by atoms with Crippen LogP contribution in [-0.4, -0.2) is 28.0 Å². The van der Waals surface area contributed by atoms with Crippen molar-refractivity contribution in [2.75, 3.05) is 12.4 Å². The molecule has 2 heterocycles. The lowest BCUT2D eigenvalue weighted by Crippen LogP contribution is -2.26. The topological polar surface area (TPSA) is 57.6 Å². The van der Waals surface area contributed by atoms with Crippen LogP contribution in [-0.2, 0) is 4.79 Å². The first-order chi connectivity index (χ1) is 11.4. The second-order valence-electron chi connectivity index (χ2n) is 4.64. The summed E-state index contributed by atoms with van der Waals surface area (Å²) in [6.45, 7) is 0. The zero-order chi connectivity index (χ0) is 17.3. The van der Waals surface area contributed by atoms with Crippen LogP contribution in [0.5, 0.6) is 0 Å². The van der Waals surface area contributed by atoms with Crippen LogP contribution >= 0.6 is 51.0 Å². The Morgan fingerprint density at radius 3 is 2.92 bits per heavy atom. The zero-order valence-electron chi connectivity index (χ0n) is 12.1. The van der Waals surface area contributed by atoms with Gasteiger partial charge in [-0.05, 0) is 40.2 Å². The molecule has 24 heavy (non-hydrogen) atoms. The number of hydrogen-bond donors (Lipinski definition) is 1. The van der Waals surface area contributed by atoms with E-state index in [9.17, 15) is 9.18 Å². The number of aromatic nitrogens is 1. The summed E-state index contributed by atoms with van der Waals surface area (Å²) >= 11 is 11.6. The zero-order valence-corrected chi connectivity index (χ0v) is 16.1. The summed E-state index contributed by atoms with van der Waals surface area (Å²) in [5.41, 5.74) is 1.42. The minimum absolute atomic E-state index is 0.0527. The molecular weight excluding hydrogens is 439 g/mol. The summed E-state index contributed by atoms with van der Waals surface area (Å²) in [7, 11) is 1.73. The van der Waals surface area contributed by atoms with Crippen molar-refractivity contribution in [1.82, 2.24) is 9.29 Å². The number of amides is 1. The lowest BCUT2D eigenvalue weighted by Gasteiger charge is -2.21. The van der Waals surface area contributed by atoms with Gasteiger partial charge in [0, 0.05) is 18.1 Å². The van der Waals surface area contributed by atoms with Crippen LogP contribution in [0.4, 0.5) is 10.1 Å². The van der Waals surface area contributed by atoms with Crippen molar-refractivity contribution in [3.05, 3.63) is 55.8 Å². The maximum Gasteiger partial charge on any atom is 0.272 e. The minimum Gasteiger partial charge on any atom is -0.321 e. The molecule has 0 atom stereocenters. The Morgan fingerprint density at radius 1 is 1.46 bits per heavy atom. The number of thiazole rings is 1. The summed E-state index contributed by atoms with van der Waals surface area (Å²) in [4.78, 5) is 16.8. The molecule has 5 nitrogen and oxygen atoms in total. The van der Waals surface area contributed by atoms with E-state index >= 15 is 0 Å². The van der Waals surface area contributed by atoms with Gasteiger partial charge >= 0.3 is 0 Å². The molecule has 0 bridgehead atoms. The van der Waals surface area contributed by atoms with Crippen molar-refractivity contribution in [2.45, 2.75) is 0 Å². The minimum atomic E-state index is -0.539. The van der Waals surface area contributed by atoms with Gasteiger partial charge in [-0.15, -0.1) is 11.3 Å². The van der Waals surface area contributed by atoms with Crippen molar-refractivity contribution in [3.8, 4) is 0 Å². The fourth-order valence-corrected chi connectivity index (χ4v) is 3.87. The van der Waals surface area contributed by atoms with Crippen LogP contribution in [0.25, 0.3) is 0 Å². The fourth-order valence-electron chi connectivity index (χ4n) is 1.85. The molecule has 1 aromatic carbocycles. The third kappa shape index (κ3) is 3.80. The number of benzene rings is 1. The molecule has 0 radical (unpaired) electrons. The molecule has 1 aliphatic heterocycles. The Labute approximate surface area is 159 Å². The van der Waals surface area contributed by atoms with Gasteiger partial charge in [-0.2, -0.15) is 4.40 Å². The van der Waals surface area contributed by atoms with Crippen LogP contribution in [0.1, 0.15) is 5.01 Å². The van der Waals surface area contributed by atoms with E-state index < -0.39 is 5.82 Å². The molecule has 0 saturated heterocycles. The molecule has 1 N–H and O–H groups in total. The number of anilines is 1. The molecule has 0 unspecified atom stereocenters. The first-order valence-corrected chi connectivity index (χ1v) is 9.30. The molecule has 1 amide bonds. The van der Waals surface area contributed by atoms with Crippen molar-refractivity contribution in [2.24, 2.45) is 4.40 Å². The second kappa shape index (κ2) is 7.22. The van der Waals surface area contributed by atoms with Crippen LogP contribution in [0.2, 0.25) is 5.02 Å². The van der Waals surface area contributed by atoms with Gasteiger partial charge in [0.05, 0.1) is 17.2 Å². The van der Waals surface area contributed by atoms with Gasteiger partial charge in [0.2, 0.25) is 0 Å². The summed E-state index contributed by atoms with van der Waals surface area (Å²) in [5.74, 6) is -0.890. The number of likely N-dealkylation sites (N-methyl/N-ethyl adjacent to an activating group) is 1. The highest BCUT2D eigenvalue weighted by molar-refractivity contribution is 9.10. The quantitative estimate of drug-likeness (QED) is 0.703. The van der Waals surface area contributed by atoms with Gasteiger partial charge in [-0.25, -0.2) is 9.37 Å². The number of carbonyl (C=O) groups excluding carboxylic acids is 1. The van der Waals surface area contributed by atoms with E-state index in [1.807, 2.05) is 5.38 Å². The maximum absolute atomic E-state index is 13.2. The van der Waals surface area contributed by atoms with Gasteiger partial charge < -0.3 is 5.32 Å². The Kier molecular flexibility index (Phi) is 5.24. The highest BCUT2D eigenvalue weighted by atomic mass is 79.9. The van der Waals surface area contributed by atoms with E-state index in [1.54, 1.807) is 17.4 Å². The van der Waals surface area contributed by atoms with Gasteiger partial charge in [0.1, 0.15) is 26.8 Å². The van der Waals surface area contributed by atoms with Gasteiger partial charge in [0.25, 0.3) is 5.91 Å². The smallest absolute Gasteiger partial charge is 0.272 e. The number of halogens is 3. The van der Waals surface area contributed by atoms with Crippen molar-refractivity contribution >= 4 is 68.3 Å². The molecule has 0 spiro atoms. The SMILES string of the molecule is CN1SN=C(c2nc(Br)cs2)C=C1C(=O)Nc1ccc(F)c(Cl)c1. The third-order valence-electron chi connectivity index (χ3n) is 2.98. The van der Waals surface area contributed by atoms with Crippen LogP contribution in [0, 0.1) is 5.82 Å². The molecule has 0 saturated carbocycles. The number of hydrogen-bond acceptors (Lipinski definition) is 6. The van der Waals surface area contributed by atoms with Gasteiger partial charge in [-0.1, -0.05) is 11.6 Å². The van der Waals surface area contributed by atoms with Crippen LogP contribution in [0.15, 0.2) is 44.4 Å². The van der Waals surface area contributed by atoms with Crippen LogP contribution < -0.4 is 5.32 Å². The van der Waals surface area contributed by atoms with Crippen molar-refractivity contribution in [3.63, 3.8) is 0 Å². The molecule has 0 aliphatic carbocycles. The normalized spacial score (nSPS) is 14.2. The fraction of sp³-hybridized carbons (Fsp3) is 0.0714. The monoisotopic (exact) mass is 446 g/mol. The molecule has 3 rings (SSSR count). The number of nitrogens with zero attached hydrogens (tertiary/aromatic N) is 3. The second-order valence-corrected chi connectivity index (χ2v) is 7.61. The number of nitrogens with one attached hydrogen (secondary N) is 1. The standard InChI is InChI=1S/C14H9BrClFN4OS2/c1-21-11(5-10(20-24-21)14-19-12(15)6-23-14)13(22)18-7-2-3-9(17)8(16)4-7/h2-6H,1H3,(H,18,22). The predicted molar refractivity (Wildman–Crippen MR) is 99.8 cm³/mol. The molecule has 10 heteroatoms. The molecule has 1 aromatic heterocycles. The first kappa shape index (κ1) is 17.4. The lowest BCUT2D eigenvalue weighted by molar-refractivity contribution is -0.113. The van der Waals surface area contributed by atoms with E-state index in [0.29, 0.717) is 22.1 Å². The van der Waals surface area contributed by atoms with Gasteiger partial charge in [-0.3, -0.25) is 9.10 Å². The Hall–Kier alpha value is -1.42. The van der Waals surface area contributed by atoms with E-state index in [0.717, 1.165) is 16.7 Å². The van der Waals surface area contributed by atoms with E-state index in [2.05, 4.69) is 30.6 Å². The third-order valence-corrected chi connectivity index (χ3v) is 5.56. The van der Waals surface area contributed by atoms with E-state index in [-0.39, 0.29) is 10.9 Å². The largest absolute Gasteiger partial charge is 0.321 e. The molecule has 1 aliphatic rings. The summed E-state index contributed by atoms with van der Waals surface area (Å²) < 4.78 is 19.9. The van der Waals surface area contributed by atoms with E-state index in [1.165, 1.54) is 29.5 Å². The van der Waals surface area contributed by atoms with E-state index in [4.69, 9.17) is 11.6 Å². The van der Waals surface area contributed by atoms with Crippen molar-refractivity contribution < 1.29 is 9.18 Å². The summed E-state index contributed by atoms with van der Waals surface area (Å²) in [6.07, 6.45) is 1.65. The molecule has 2 aromatic rings. The number of carbonyl (C=O) groups is 1.